The topological polar surface area (TPSA) is 111 Å². The number of nitrogens with one attached hydrogen (secondary N) is 2. The van der Waals surface area contributed by atoms with E-state index in [1.807, 2.05) is 6.07 Å². The fraction of sp³-hybridized carbons (Fsp3) is 0.516. The summed E-state index contributed by atoms with van der Waals surface area (Å²) in [6.45, 7) is 12.2. The van der Waals surface area contributed by atoms with E-state index in [1.165, 1.54) is 25.3 Å². The summed E-state index contributed by atoms with van der Waals surface area (Å²) in [5.74, 6) is 1.13. The van der Waals surface area contributed by atoms with E-state index in [0.717, 1.165) is 30.5 Å². The van der Waals surface area contributed by atoms with E-state index in [1.54, 1.807) is 6.07 Å². The summed E-state index contributed by atoms with van der Waals surface area (Å²) < 4.78 is 23.2. The highest BCUT2D eigenvalue weighted by molar-refractivity contribution is 6.03. The summed E-state index contributed by atoms with van der Waals surface area (Å²) >= 11 is 0. The first-order valence-electron chi connectivity index (χ1n) is 14.0. The van der Waals surface area contributed by atoms with E-state index in [0.29, 0.717) is 24.7 Å². The first-order chi connectivity index (χ1) is 19.3. The first-order valence-corrected chi connectivity index (χ1v) is 14.0. The molecule has 1 aliphatic heterocycles. The van der Waals surface area contributed by atoms with Gasteiger partial charge in [0.15, 0.2) is 11.4 Å². The van der Waals surface area contributed by atoms with Crippen molar-refractivity contribution >= 4 is 17.5 Å². The number of amides is 1. The predicted molar refractivity (Wildman–Crippen MR) is 159 cm³/mol. The molecule has 4 rings (SSSR count). The third-order valence-electron chi connectivity index (χ3n) is 7.32. The average Bonchev–Trinajstić information content (AvgIpc) is 3.43. The molecule has 2 aromatic heterocycles. The van der Waals surface area contributed by atoms with Gasteiger partial charge in [-0.15, -0.1) is 0 Å². The molecule has 0 spiro atoms. The fourth-order valence-electron chi connectivity index (χ4n) is 5.30. The maximum atomic E-state index is 13.2. The Balaban J connectivity index is 1.47. The zero-order chi connectivity index (χ0) is 29.9. The molecule has 0 radical (unpaired) electrons. The van der Waals surface area contributed by atoms with Gasteiger partial charge in [0.25, 0.3) is 5.91 Å². The van der Waals surface area contributed by atoms with Gasteiger partial charge >= 0.3 is 0 Å². The number of carbonyl (C=O) groups is 1. The maximum absolute atomic E-state index is 13.2. The summed E-state index contributed by atoms with van der Waals surface area (Å²) in [4.78, 5) is 24.1. The third kappa shape index (κ3) is 6.82. The number of unbranched alkanes of at least 4 members (excludes halogenated alkanes) is 1. The number of ether oxygens (including phenoxy) is 3. The highest BCUT2D eigenvalue weighted by atomic mass is 16.5. The summed E-state index contributed by atoms with van der Waals surface area (Å²) in [5, 5.41) is 5.99. The molecule has 10 heteroatoms. The van der Waals surface area contributed by atoms with Crippen molar-refractivity contribution in [3.05, 3.63) is 58.0 Å². The molecule has 10 nitrogen and oxygen atoms in total. The van der Waals surface area contributed by atoms with Crippen LogP contribution in [0, 0.1) is 6.92 Å². The van der Waals surface area contributed by atoms with Crippen LogP contribution in [0.3, 0.4) is 0 Å². The van der Waals surface area contributed by atoms with Crippen LogP contribution in [0.5, 0.6) is 11.8 Å². The van der Waals surface area contributed by atoms with Gasteiger partial charge in [0.1, 0.15) is 5.76 Å². The van der Waals surface area contributed by atoms with Crippen molar-refractivity contribution in [2.24, 2.45) is 0 Å². The number of carbonyl (C=O) groups excluding carboxylic acids is 1. The van der Waals surface area contributed by atoms with Gasteiger partial charge in [-0.3, -0.25) is 4.79 Å². The number of methoxy groups -OCH3 is 2. The zero-order valence-corrected chi connectivity index (χ0v) is 25.7. The van der Waals surface area contributed by atoms with Crippen LogP contribution in [0.25, 0.3) is 0 Å². The molecule has 2 N–H and O–H groups in total. The summed E-state index contributed by atoms with van der Waals surface area (Å²) in [6.07, 6.45) is 2.55. The largest absolute Gasteiger partial charge is 0.479 e. The number of hydrogen-bond acceptors (Lipinski definition) is 9. The Kier molecular flexibility index (Phi) is 8.94. The van der Waals surface area contributed by atoms with Crippen molar-refractivity contribution in [1.82, 2.24) is 14.9 Å². The van der Waals surface area contributed by atoms with E-state index in [-0.39, 0.29) is 34.4 Å². The number of furan rings is 1. The van der Waals surface area contributed by atoms with E-state index in [4.69, 9.17) is 18.6 Å². The molecule has 222 valence electrons. The number of aromatic nitrogens is 2. The third-order valence-corrected chi connectivity index (χ3v) is 7.32. The lowest BCUT2D eigenvalue weighted by Gasteiger charge is -2.24. The van der Waals surface area contributed by atoms with Gasteiger partial charge in [0.05, 0.1) is 25.4 Å². The fourth-order valence-corrected chi connectivity index (χ4v) is 5.30. The van der Waals surface area contributed by atoms with Crippen molar-refractivity contribution in [2.75, 3.05) is 52.0 Å². The van der Waals surface area contributed by atoms with E-state index < -0.39 is 5.91 Å². The minimum absolute atomic E-state index is 0.163. The number of aryl methyl sites for hydroxylation is 1. The highest BCUT2D eigenvalue weighted by Crippen LogP contribution is 2.47. The van der Waals surface area contributed by atoms with Crippen molar-refractivity contribution in [1.29, 1.82) is 0 Å². The molecule has 1 amide bonds. The quantitative estimate of drug-likeness (QED) is 0.275. The number of fused-ring (bicyclic) bond motifs is 1. The summed E-state index contributed by atoms with van der Waals surface area (Å²) in [5.41, 5.74) is 4.17. The Morgan fingerprint density at radius 3 is 2.22 bits per heavy atom. The van der Waals surface area contributed by atoms with Gasteiger partial charge in [0, 0.05) is 13.0 Å². The monoisotopic (exact) mass is 565 g/mol. The van der Waals surface area contributed by atoms with Crippen molar-refractivity contribution in [3.63, 3.8) is 0 Å². The maximum Gasteiger partial charge on any atom is 0.291 e. The van der Waals surface area contributed by atoms with Crippen LogP contribution < -0.4 is 20.1 Å². The molecule has 0 fully saturated rings. The number of nitrogens with zero attached hydrogens (tertiary/aromatic N) is 3. The Morgan fingerprint density at radius 2 is 1.61 bits per heavy atom. The second-order valence-corrected chi connectivity index (χ2v) is 11.7. The van der Waals surface area contributed by atoms with Gasteiger partial charge in [0.2, 0.25) is 17.7 Å². The molecule has 0 saturated carbocycles. The number of hydrogen-bond donors (Lipinski definition) is 2. The normalized spacial score (nSPS) is 15.1. The Labute approximate surface area is 242 Å². The van der Waals surface area contributed by atoms with E-state index >= 15 is 0 Å². The molecule has 0 aliphatic carbocycles. The van der Waals surface area contributed by atoms with Gasteiger partial charge in [-0.25, -0.2) is 0 Å². The molecule has 0 atom stereocenters. The zero-order valence-electron chi connectivity index (χ0n) is 25.7. The minimum Gasteiger partial charge on any atom is -0.479 e. The Hall–Kier alpha value is -3.63. The lowest BCUT2D eigenvalue weighted by Crippen LogP contribution is -2.22. The van der Waals surface area contributed by atoms with E-state index in [9.17, 15) is 4.79 Å². The molecular weight excluding hydrogens is 522 g/mol. The molecule has 3 aromatic rings. The van der Waals surface area contributed by atoms with Crippen LogP contribution in [0.1, 0.15) is 79.1 Å². The Bertz CT molecular complexity index is 1370. The SMILES string of the molecule is COc1nc(NCCCCN(C)C)nc(OC)c1NC(=O)c1ccc(Cc2cc3c(cc2C)C(C)(C)OC3(C)C)o1. The second kappa shape index (κ2) is 12.1. The van der Waals surface area contributed by atoms with E-state index in [2.05, 4.69) is 86.3 Å². The molecule has 1 aromatic carbocycles. The highest BCUT2D eigenvalue weighted by Gasteiger charge is 2.43. The van der Waals surface area contributed by atoms with Gasteiger partial charge in [-0.1, -0.05) is 12.1 Å². The second-order valence-electron chi connectivity index (χ2n) is 11.7. The molecule has 0 bridgehead atoms. The molecular formula is C31H43N5O5. The lowest BCUT2D eigenvalue weighted by molar-refractivity contribution is -0.105. The summed E-state index contributed by atoms with van der Waals surface area (Å²) in [6, 6.07) is 7.89. The van der Waals surface area contributed by atoms with Crippen molar-refractivity contribution in [3.8, 4) is 11.8 Å². The van der Waals surface area contributed by atoms with Gasteiger partial charge in [-0.2, -0.15) is 9.97 Å². The smallest absolute Gasteiger partial charge is 0.291 e. The average molecular weight is 566 g/mol. The van der Waals surface area contributed by atoms with Crippen LogP contribution in [-0.4, -0.2) is 62.2 Å². The molecule has 41 heavy (non-hydrogen) atoms. The van der Waals surface area contributed by atoms with Gasteiger partial charge in [-0.05, 0) is 102 Å². The lowest BCUT2D eigenvalue weighted by atomic mass is 9.86. The first kappa shape index (κ1) is 30.3. The van der Waals surface area contributed by atoms with Crippen molar-refractivity contribution < 1.29 is 23.4 Å². The molecule has 3 heterocycles. The molecule has 1 aliphatic rings. The van der Waals surface area contributed by atoms with Gasteiger partial charge < -0.3 is 34.2 Å². The van der Waals surface area contributed by atoms with Crippen LogP contribution in [0.2, 0.25) is 0 Å². The minimum atomic E-state index is -0.456. The van der Waals surface area contributed by atoms with Crippen LogP contribution >= 0.6 is 0 Å². The number of rotatable bonds is 12. The predicted octanol–water partition coefficient (Wildman–Crippen LogP) is 5.49. The van der Waals surface area contributed by atoms with Crippen LogP contribution in [-0.2, 0) is 22.4 Å². The Morgan fingerprint density at radius 1 is 0.976 bits per heavy atom. The summed E-state index contributed by atoms with van der Waals surface area (Å²) in [7, 11) is 7.06. The molecule has 0 saturated heterocycles. The van der Waals surface area contributed by atoms with Crippen molar-refractivity contribution in [2.45, 2.75) is 65.1 Å². The number of benzene rings is 1. The standard InChI is InChI=1S/C31H43N5O5/c1-19-16-22-23(31(4,5)41-30(22,2)3)18-20(19)17-21-12-13-24(40-21)26(37)33-25-27(38-8)34-29(35-28(25)39-9)32-14-10-11-15-36(6)7/h12-13,16,18H,10-11,14-15,17H2,1-9H3,(H,33,37)(H,32,34,35). The van der Waals surface area contributed by atoms with Crippen LogP contribution in [0.4, 0.5) is 11.6 Å². The molecule has 0 unspecified atom stereocenters. The number of anilines is 2. The van der Waals surface area contributed by atoms with Crippen LogP contribution in [0.15, 0.2) is 28.7 Å².